The number of rotatable bonds is 3. The van der Waals surface area contributed by atoms with Crippen molar-refractivity contribution < 1.29 is 14.3 Å². The fourth-order valence-corrected chi connectivity index (χ4v) is 1.63. The quantitative estimate of drug-likeness (QED) is 0.462. The van der Waals surface area contributed by atoms with Gasteiger partial charge in [-0.2, -0.15) is 0 Å². The summed E-state index contributed by atoms with van der Waals surface area (Å²) >= 11 is 5.78. The van der Waals surface area contributed by atoms with Gasteiger partial charge in [-0.25, -0.2) is 4.79 Å². The SMILES string of the molecule is CCOC(=O)Oc1cc(C)c(CCl)cc1C. The molecule has 1 aromatic rings. The Balaban J connectivity index is 2.89. The third kappa shape index (κ3) is 3.14. The van der Waals surface area contributed by atoms with Crippen molar-refractivity contribution in [2.75, 3.05) is 6.61 Å². The highest BCUT2D eigenvalue weighted by molar-refractivity contribution is 6.17. The number of carbonyl (C=O) groups excluding carboxylic acids is 1. The number of carbonyl (C=O) groups is 1. The van der Waals surface area contributed by atoms with Crippen LogP contribution in [-0.2, 0) is 10.6 Å². The summed E-state index contributed by atoms with van der Waals surface area (Å²) in [5.74, 6) is 0.969. The first-order valence-corrected chi connectivity index (χ1v) is 5.62. The largest absolute Gasteiger partial charge is 0.513 e. The predicted octanol–water partition coefficient (Wildman–Crippen LogP) is 3.58. The maximum absolute atomic E-state index is 11.2. The van der Waals surface area contributed by atoms with Crippen molar-refractivity contribution in [2.24, 2.45) is 0 Å². The standard InChI is InChI=1S/C12H15ClO3/c1-4-15-12(14)16-11-6-8(2)10(7-13)5-9(11)3/h5-6H,4,7H2,1-3H3. The highest BCUT2D eigenvalue weighted by Crippen LogP contribution is 2.24. The van der Waals surface area contributed by atoms with Crippen LogP contribution in [0.4, 0.5) is 4.79 Å². The van der Waals surface area contributed by atoms with E-state index >= 15 is 0 Å². The number of hydrogen-bond acceptors (Lipinski definition) is 3. The molecule has 16 heavy (non-hydrogen) atoms. The smallest absolute Gasteiger partial charge is 0.434 e. The van der Waals surface area contributed by atoms with Crippen LogP contribution in [0.5, 0.6) is 5.75 Å². The van der Waals surface area contributed by atoms with Crippen molar-refractivity contribution in [3.8, 4) is 5.75 Å². The average Bonchev–Trinajstić information content (AvgIpc) is 2.23. The lowest BCUT2D eigenvalue weighted by Gasteiger charge is -2.10. The van der Waals surface area contributed by atoms with E-state index in [4.69, 9.17) is 21.1 Å². The van der Waals surface area contributed by atoms with E-state index in [9.17, 15) is 4.79 Å². The molecule has 0 heterocycles. The zero-order valence-electron chi connectivity index (χ0n) is 9.67. The second kappa shape index (κ2) is 5.75. The Kier molecular flexibility index (Phi) is 4.62. The van der Waals surface area contributed by atoms with Crippen LogP contribution in [0.3, 0.4) is 0 Å². The number of halogens is 1. The van der Waals surface area contributed by atoms with Crippen LogP contribution >= 0.6 is 11.6 Å². The minimum absolute atomic E-state index is 0.302. The van der Waals surface area contributed by atoms with Crippen molar-refractivity contribution >= 4 is 17.8 Å². The van der Waals surface area contributed by atoms with Crippen LogP contribution < -0.4 is 4.74 Å². The van der Waals surface area contributed by atoms with Crippen LogP contribution in [0.15, 0.2) is 12.1 Å². The molecule has 0 N–H and O–H groups in total. The van der Waals surface area contributed by atoms with E-state index in [0.29, 0.717) is 18.2 Å². The highest BCUT2D eigenvalue weighted by Gasteiger charge is 2.10. The van der Waals surface area contributed by atoms with Crippen molar-refractivity contribution in [1.82, 2.24) is 0 Å². The van der Waals surface area contributed by atoms with Gasteiger partial charge in [-0.05, 0) is 43.5 Å². The molecule has 0 unspecified atom stereocenters. The topological polar surface area (TPSA) is 35.5 Å². The van der Waals surface area contributed by atoms with Crippen molar-refractivity contribution in [1.29, 1.82) is 0 Å². The molecule has 1 rings (SSSR count). The molecule has 0 saturated heterocycles. The first-order valence-electron chi connectivity index (χ1n) is 5.09. The summed E-state index contributed by atoms with van der Waals surface area (Å²) in [7, 11) is 0. The first kappa shape index (κ1) is 12.8. The van der Waals surface area contributed by atoms with E-state index in [-0.39, 0.29) is 0 Å². The van der Waals surface area contributed by atoms with E-state index < -0.39 is 6.16 Å². The molecule has 0 fully saturated rings. The molecule has 0 amide bonds. The normalized spacial score (nSPS) is 10.0. The highest BCUT2D eigenvalue weighted by atomic mass is 35.5. The third-order valence-electron chi connectivity index (χ3n) is 2.23. The summed E-state index contributed by atoms with van der Waals surface area (Å²) in [5.41, 5.74) is 2.91. The lowest BCUT2D eigenvalue weighted by atomic mass is 10.1. The van der Waals surface area contributed by atoms with Gasteiger partial charge in [-0.3, -0.25) is 0 Å². The summed E-state index contributed by atoms with van der Waals surface area (Å²) in [5, 5.41) is 0. The second-order valence-electron chi connectivity index (χ2n) is 3.46. The number of alkyl halides is 1. The Bertz CT molecular complexity index is 388. The van der Waals surface area contributed by atoms with Gasteiger partial charge in [0.2, 0.25) is 0 Å². The van der Waals surface area contributed by atoms with Crippen molar-refractivity contribution in [3.63, 3.8) is 0 Å². The van der Waals surface area contributed by atoms with Gasteiger partial charge < -0.3 is 9.47 Å². The molecule has 88 valence electrons. The van der Waals surface area contributed by atoms with Gasteiger partial charge in [-0.1, -0.05) is 6.07 Å². The van der Waals surface area contributed by atoms with Crippen LogP contribution in [0.1, 0.15) is 23.6 Å². The summed E-state index contributed by atoms with van der Waals surface area (Å²) in [6.07, 6.45) is -0.677. The summed E-state index contributed by atoms with van der Waals surface area (Å²) in [6, 6.07) is 3.71. The molecule has 0 aliphatic carbocycles. The van der Waals surface area contributed by atoms with Gasteiger partial charge in [0.1, 0.15) is 5.75 Å². The predicted molar refractivity (Wildman–Crippen MR) is 63.1 cm³/mol. The minimum Gasteiger partial charge on any atom is -0.434 e. The monoisotopic (exact) mass is 242 g/mol. The van der Waals surface area contributed by atoms with Crippen LogP contribution in [0.25, 0.3) is 0 Å². The maximum Gasteiger partial charge on any atom is 0.513 e. The third-order valence-corrected chi connectivity index (χ3v) is 2.52. The molecule has 0 aromatic heterocycles. The van der Waals surface area contributed by atoms with Crippen molar-refractivity contribution in [2.45, 2.75) is 26.7 Å². The first-order chi connectivity index (χ1) is 7.58. The molecule has 1 aromatic carbocycles. The minimum atomic E-state index is -0.677. The molecule has 0 atom stereocenters. The molecule has 4 heteroatoms. The fraction of sp³-hybridized carbons (Fsp3) is 0.417. The summed E-state index contributed by atoms with van der Waals surface area (Å²) in [6.45, 7) is 5.83. The van der Waals surface area contributed by atoms with E-state index in [1.54, 1.807) is 13.0 Å². The van der Waals surface area contributed by atoms with Gasteiger partial charge in [-0.15, -0.1) is 11.6 Å². The summed E-state index contributed by atoms with van der Waals surface area (Å²) in [4.78, 5) is 11.2. The number of ether oxygens (including phenoxy) is 2. The van der Waals surface area contributed by atoms with Gasteiger partial charge >= 0.3 is 6.16 Å². The molecule has 0 radical (unpaired) electrons. The Hall–Kier alpha value is -1.22. The molecule has 0 aliphatic heterocycles. The molecular weight excluding hydrogens is 228 g/mol. The van der Waals surface area contributed by atoms with Gasteiger partial charge in [0.15, 0.2) is 0 Å². The second-order valence-corrected chi connectivity index (χ2v) is 3.73. The number of aryl methyl sites for hydroxylation is 2. The molecule has 0 saturated carbocycles. The molecule has 0 spiro atoms. The molecule has 0 aliphatic rings. The van der Waals surface area contributed by atoms with Gasteiger partial charge in [0.25, 0.3) is 0 Å². The Morgan fingerprint density at radius 1 is 1.31 bits per heavy atom. The molecule has 3 nitrogen and oxygen atoms in total. The van der Waals surface area contributed by atoms with Gasteiger partial charge in [0, 0.05) is 5.88 Å². The number of benzene rings is 1. The van der Waals surface area contributed by atoms with E-state index in [0.717, 1.165) is 16.7 Å². The fourth-order valence-electron chi connectivity index (χ4n) is 1.34. The van der Waals surface area contributed by atoms with E-state index in [1.807, 2.05) is 19.9 Å². The van der Waals surface area contributed by atoms with Crippen LogP contribution in [0.2, 0.25) is 0 Å². The van der Waals surface area contributed by atoms with Crippen molar-refractivity contribution in [3.05, 3.63) is 28.8 Å². The Labute approximate surface area is 100 Å². The molecular formula is C12H15ClO3. The van der Waals surface area contributed by atoms with Crippen LogP contribution in [-0.4, -0.2) is 12.8 Å². The lowest BCUT2D eigenvalue weighted by Crippen LogP contribution is -2.11. The van der Waals surface area contributed by atoms with Gasteiger partial charge in [0.05, 0.1) is 6.61 Å². The van der Waals surface area contributed by atoms with E-state index in [1.165, 1.54) is 0 Å². The Morgan fingerprint density at radius 3 is 2.56 bits per heavy atom. The number of hydrogen-bond donors (Lipinski definition) is 0. The lowest BCUT2D eigenvalue weighted by molar-refractivity contribution is 0.104. The maximum atomic E-state index is 11.2. The Morgan fingerprint density at radius 2 is 2.00 bits per heavy atom. The average molecular weight is 243 g/mol. The zero-order valence-corrected chi connectivity index (χ0v) is 10.4. The summed E-state index contributed by atoms with van der Waals surface area (Å²) < 4.78 is 9.77. The zero-order chi connectivity index (χ0) is 12.1. The van der Waals surface area contributed by atoms with Crippen LogP contribution in [0, 0.1) is 13.8 Å². The van der Waals surface area contributed by atoms with E-state index in [2.05, 4.69) is 0 Å². The molecule has 0 bridgehead atoms.